The summed E-state index contributed by atoms with van der Waals surface area (Å²) in [7, 11) is 0. The van der Waals surface area contributed by atoms with Crippen LogP contribution >= 0.6 is 0 Å². The molecule has 1 aromatic rings. The molecule has 0 aromatic heterocycles. The average Bonchev–Trinajstić information content (AvgIpc) is 2.35. The molecule has 1 aromatic carbocycles. The van der Waals surface area contributed by atoms with E-state index in [4.69, 9.17) is 0 Å². The van der Waals surface area contributed by atoms with Crippen molar-refractivity contribution in [2.24, 2.45) is 5.92 Å². The summed E-state index contributed by atoms with van der Waals surface area (Å²) in [5, 5.41) is 0. The summed E-state index contributed by atoms with van der Waals surface area (Å²) in [6.07, 6.45) is 3.36. The zero-order chi connectivity index (χ0) is 13.4. The molecule has 0 radical (unpaired) electrons. The molecule has 1 heterocycles. The summed E-state index contributed by atoms with van der Waals surface area (Å²) in [5.74, 6) is 0.606. The van der Waals surface area contributed by atoms with Gasteiger partial charge in [-0.3, -0.25) is 4.79 Å². The van der Waals surface area contributed by atoms with E-state index in [1.54, 1.807) is 0 Å². The Bertz CT molecular complexity index is 481. The maximum atomic E-state index is 12.6. The minimum atomic E-state index is 0.272. The SMILES string of the molecule is CCN1c2ccccc2N(C(=O)C2CCC2)CC1C. The van der Waals surface area contributed by atoms with E-state index in [0.717, 1.165) is 31.6 Å². The van der Waals surface area contributed by atoms with Crippen molar-refractivity contribution in [1.29, 1.82) is 0 Å². The molecule has 3 nitrogen and oxygen atoms in total. The highest BCUT2D eigenvalue weighted by Gasteiger charge is 2.35. The van der Waals surface area contributed by atoms with E-state index >= 15 is 0 Å². The minimum Gasteiger partial charge on any atom is -0.366 e. The predicted molar refractivity (Wildman–Crippen MR) is 78.6 cm³/mol. The third-order valence-corrected chi connectivity index (χ3v) is 4.52. The molecule has 1 unspecified atom stereocenters. The number of amides is 1. The molecule has 3 rings (SSSR count). The summed E-state index contributed by atoms with van der Waals surface area (Å²) >= 11 is 0. The zero-order valence-corrected chi connectivity index (χ0v) is 11.8. The lowest BCUT2D eigenvalue weighted by Gasteiger charge is -2.43. The third-order valence-electron chi connectivity index (χ3n) is 4.52. The number of hydrogen-bond acceptors (Lipinski definition) is 2. The first-order valence-electron chi connectivity index (χ1n) is 7.39. The normalized spacial score (nSPS) is 22.9. The lowest BCUT2D eigenvalue weighted by atomic mass is 9.84. The molecule has 1 saturated carbocycles. The molecule has 1 amide bonds. The quantitative estimate of drug-likeness (QED) is 0.814. The van der Waals surface area contributed by atoms with E-state index in [2.05, 4.69) is 36.9 Å². The van der Waals surface area contributed by atoms with E-state index in [9.17, 15) is 4.79 Å². The summed E-state index contributed by atoms with van der Waals surface area (Å²) in [4.78, 5) is 17.0. The first-order valence-corrected chi connectivity index (χ1v) is 7.39. The molecule has 0 bridgehead atoms. The summed E-state index contributed by atoms with van der Waals surface area (Å²) in [6.45, 7) is 6.20. The molecule has 102 valence electrons. The smallest absolute Gasteiger partial charge is 0.230 e. The third kappa shape index (κ3) is 2.01. The molecule has 0 saturated heterocycles. The van der Waals surface area contributed by atoms with Crippen molar-refractivity contribution < 1.29 is 4.79 Å². The van der Waals surface area contributed by atoms with Gasteiger partial charge in [-0.05, 0) is 38.8 Å². The second-order valence-corrected chi connectivity index (χ2v) is 5.70. The standard InChI is InChI=1S/C16H22N2O/c1-3-17-12(2)11-18(16(19)13-7-6-8-13)15-10-5-4-9-14(15)17/h4-5,9-10,12-13H,3,6-8,11H2,1-2H3. The number of rotatable bonds is 2. The Labute approximate surface area is 115 Å². The van der Waals surface area contributed by atoms with Crippen molar-refractivity contribution in [2.75, 3.05) is 22.9 Å². The van der Waals surface area contributed by atoms with Crippen LogP contribution < -0.4 is 9.80 Å². The van der Waals surface area contributed by atoms with Gasteiger partial charge in [0.25, 0.3) is 0 Å². The zero-order valence-electron chi connectivity index (χ0n) is 11.8. The van der Waals surface area contributed by atoms with Gasteiger partial charge in [0.05, 0.1) is 11.4 Å². The van der Waals surface area contributed by atoms with Crippen LogP contribution in [-0.2, 0) is 4.79 Å². The van der Waals surface area contributed by atoms with Crippen LogP contribution in [0.5, 0.6) is 0 Å². The van der Waals surface area contributed by atoms with Gasteiger partial charge in [0.1, 0.15) is 0 Å². The minimum absolute atomic E-state index is 0.272. The fourth-order valence-electron chi connectivity index (χ4n) is 3.20. The highest BCUT2D eigenvalue weighted by molar-refractivity contribution is 5.99. The summed E-state index contributed by atoms with van der Waals surface area (Å²) in [5.41, 5.74) is 2.30. The Hall–Kier alpha value is -1.51. The monoisotopic (exact) mass is 258 g/mol. The van der Waals surface area contributed by atoms with Gasteiger partial charge in [0, 0.05) is 25.0 Å². The van der Waals surface area contributed by atoms with Crippen molar-refractivity contribution in [2.45, 2.75) is 39.2 Å². The topological polar surface area (TPSA) is 23.6 Å². The van der Waals surface area contributed by atoms with Crippen LogP contribution in [0, 0.1) is 5.92 Å². The van der Waals surface area contributed by atoms with Crippen molar-refractivity contribution in [1.82, 2.24) is 0 Å². The van der Waals surface area contributed by atoms with E-state index < -0.39 is 0 Å². The fourth-order valence-corrected chi connectivity index (χ4v) is 3.20. The number of fused-ring (bicyclic) bond motifs is 1. The van der Waals surface area contributed by atoms with Crippen LogP contribution in [0.1, 0.15) is 33.1 Å². The number of anilines is 2. The lowest BCUT2D eigenvalue weighted by Crippen LogP contribution is -2.51. The first-order chi connectivity index (χ1) is 9.22. The van der Waals surface area contributed by atoms with Gasteiger partial charge >= 0.3 is 0 Å². The Morgan fingerprint density at radius 3 is 2.53 bits per heavy atom. The van der Waals surface area contributed by atoms with Crippen molar-refractivity contribution in [3.05, 3.63) is 24.3 Å². The molecule has 1 aliphatic heterocycles. The molecule has 0 spiro atoms. The molecule has 3 heteroatoms. The first kappa shape index (κ1) is 12.5. The molecule has 0 N–H and O–H groups in total. The molecule has 19 heavy (non-hydrogen) atoms. The largest absolute Gasteiger partial charge is 0.366 e. The molecular formula is C16H22N2O. The average molecular weight is 258 g/mol. The maximum Gasteiger partial charge on any atom is 0.230 e. The number of likely N-dealkylation sites (N-methyl/N-ethyl adjacent to an activating group) is 1. The number of nitrogens with zero attached hydrogens (tertiary/aromatic N) is 2. The highest BCUT2D eigenvalue weighted by Crippen LogP contribution is 2.38. The van der Waals surface area contributed by atoms with Gasteiger partial charge in [-0.1, -0.05) is 18.6 Å². The van der Waals surface area contributed by atoms with Crippen LogP contribution in [0.15, 0.2) is 24.3 Å². The molecular weight excluding hydrogens is 236 g/mol. The Kier molecular flexibility index (Phi) is 3.21. The van der Waals surface area contributed by atoms with Gasteiger partial charge < -0.3 is 9.80 Å². The van der Waals surface area contributed by atoms with Gasteiger partial charge in [0.2, 0.25) is 5.91 Å². The summed E-state index contributed by atoms with van der Waals surface area (Å²) < 4.78 is 0. The Morgan fingerprint density at radius 2 is 1.95 bits per heavy atom. The highest BCUT2D eigenvalue weighted by atomic mass is 16.2. The van der Waals surface area contributed by atoms with Crippen LogP contribution in [0.2, 0.25) is 0 Å². The number of benzene rings is 1. The van der Waals surface area contributed by atoms with Crippen LogP contribution in [0.25, 0.3) is 0 Å². The number of para-hydroxylation sites is 2. The maximum absolute atomic E-state index is 12.6. The van der Waals surface area contributed by atoms with Crippen molar-refractivity contribution in [3.63, 3.8) is 0 Å². The van der Waals surface area contributed by atoms with Gasteiger partial charge in [-0.2, -0.15) is 0 Å². The summed E-state index contributed by atoms with van der Waals surface area (Å²) in [6, 6.07) is 8.70. The van der Waals surface area contributed by atoms with E-state index in [0.29, 0.717) is 11.9 Å². The van der Waals surface area contributed by atoms with Gasteiger partial charge in [0.15, 0.2) is 0 Å². The Balaban J connectivity index is 1.95. The lowest BCUT2D eigenvalue weighted by molar-refractivity contribution is -0.124. The van der Waals surface area contributed by atoms with Crippen LogP contribution in [0.4, 0.5) is 11.4 Å². The van der Waals surface area contributed by atoms with Crippen molar-refractivity contribution >= 4 is 17.3 Å². The second-order valence-electron chi connectivity index (χ2n) is 5.70. The molecule has 1 atom stereocenters. The van der Waals surface area contributed by atoms with Gasteiger partial charge in [-0.25, -0.2) is 0 Å². The van der Waals surface area contributed by atoms with E-state index in [-0.39, 0.29) is 5.92 Å². The molecule has 2 aliphatic rings. The fraction of sp³-hybridized carbons (Fsp3) is 0.562. The second kappa shape index (κ2) is 4.87. The number of carbonyl (C=O) groups is 1. The Morgan fingerprint density at radius 1 is 1.26 bits per heavy atom. The molecule has 1 fully saturated rings. The van der Waals surface area contributed by atoms with Crippen molar-refractivity contribution in [3.8, 4) is 0 Å². The number of carbonyl (C=O) groups excluding carboxylic acids is 1. The van der Waals surface area contributed by atoms with E-state index in [1.165, 1.54) is 12.1 Å². The van der Waals surface area contributed by atoms with Crippen LogP contribution in [-0.4, -0.2) is 25.0 Å². The predicted octanol–water partition coefficient (Wildman–Crippen LogP) is 3.05. The molecule has 1 aliphatic carbocycles. The van der Waals surface area contributed by atoms with Crippen LogP contribution in [0.3, 0.4) is 0 Å². The van der Waals surface area contributed by atoms with E-state index in [1.807, 2.05) is 11.0 Å². The number of hydrogen-bond donors (Lipinski definition) is 0. The van der Waals surface area contributed by atoms with Gasteiger partial charge in [-0.15, -0.1) is 0 Å².